The fourth-order valence-corrected chi connectivity index (χ4v) is 1.68. The quantitative estimate of drug-likeness (QED) is 0.739. The number of hydrogen-bond donors (Lipinski definition) is 2. The van der Waals surface area contributed by atoms with Crippen LogP contribution in [-0.2, 0) is 6.54 Å². The van der Waals surface area contributed by atoms with E-state index in [9.17, 15) is 0 Å². The first-order valence-corrected chi connectivity index (χ1v) is 5.88. The molecule has 0 unspecified atom stereocenters. The molecule has 2 aromatic heterocycles. The molecule has 7 nitrogen and oxygen atoms in total. The van der Waals surface area contributed by atoms with Crippen LogP contribution in [0.5, 0.6) is 0 Å². The Hall–Kier alpha value is -2.18. The first-order valence-electron chi connectivity index (χ1n) is 5.88. The molecule has 2 rings (SSSR count). The van der Waals surface area contributed by atoms with E-state index in [1.54, 1.807) is 12.5 Å². The highest BCUT2D eigenvalue weighted by molar-refractivity contribution is 5.55. The molecule has 2 aromatic rings. The first-order chi connectivity index (χ1) is 8.81. The lowest BCUT2D eigenvalue weighted by Crippen LogP contribution is -2.10. The van der Waals surface area contributed by atoms with Crippen LogP contribution in [0.3, 0.4) is 0 Å². The molecule has 0 aliphatic heterocycles. The van der Waals surface area contributed by atoms with E-state index in [2.05, 4.69) is 30.9 Å². The van der Waals surface area contributed by atoms with Crippen LogP contribution in [0.15, 0.2) is 18.7 Å². The average molecular weight is 247 g/mol. The maximum atomic E-state index is 4.22. The summed E-state index contributed by atoms with van der Waals surface area (Å²) in [5.41, 5.74) is 1.03. The first kappa shape index (κ1) is 12.3. The molecule has 0 saturated carbocycles. The van der Waals surface area contributed by atoms with Gasteiger partial charge in [0.2, 0.25) is 0 Å². The second-order valence-corrected chi connectivity index (χ2v) is 3.89. The molecule has 0 amide bonds. The summed E-state index contributed by atoms with van der Waals surface area (Å²) < 4.78 is 1.81. The van der Waals surface area contributed by atoms with E-state index >= 15 is 0 Å². The molecule has 0 aliphatic carbocycles. The third kappa shape index (κ3) is 2.93. The number of nitrogens with zero attached hydrogens (tertiary/aromatic N) is 5. The van der Waals surface area contributed by atoms with Crippen LogP contribution in [0.4, 0.5) is 11.6 Å². The Morgan fingerprint density at radius 1 is 1.28 bits per heavy atom. The van der Waals surface area contributed by atoms with Crippen LogP contribution < -0.4 is 10.6 Å². The number of hydrogen-bond acceptors (Lipinski definition) is 6. The van der Waals surface area contributed by atoms with E-state index in [1.807, 2.05) is 24.9 Å². The van der Waals surface area contributed by atoms with Gasteiger partial charge in [-0.1, -0.05) is 5.21 Å². The largest absolute Gasteiger partial charge is 0.373 e. The molecule has 2 N–H and O–H groups in total. The lowest BCUT2D eigenvalue weighted by Gasteiger charge is -2.10. The van der Waals surface area contributed by atoms with Gasteiger partial charge in [0.25, 0.3) is 0 Å². The van der Waals surface area contributed by atoms with Gasteiger partial charge < -0.3 is 10.6 Å². The van der Waals surface area contributed by atoms with Gasteiger partial charge in [-0.05, 0) is 13.3 Å². The Labute approximate surface area is 106 Å². The van der Waals surface area contributed by atoms with Crippen molar-refractivity contribution in [3.05, 3.63) is 24.3 Å². The van der Waals surface area contributed by atoms with Gasteiger partial charge in [-0.3, -0.25) is 4.68 Å². The lowest BCUT2D eigenvalue weighted by molar-refractivity contribution is 0.569. The van der Waals surface area contributed by atoms with Crippen LogP contribution in [0.2, 0.25) is 0 Å². The van der Waals surface area contributed by atoms with Crippen LogP contribution in [0.25, 0.3) is 0 Å². The Morgan fingerprint density at radius 3 is 2.83 bits per heavy atom. The summed E-state index contributed by atoms with van der Waals surface area (Å²) in [5.74, 6) is 1.72. The van der Waals surface area contributed by atoms with Gasteiger partial charge in [0.05, 0.1) is 6.20 Å². The highest BCUT2D eigenvalue weighted by atomic mass is 15.4. The summed E-state index contributed by atoms with van der Waals surface area (Å²) in [7, 11) is 1.85. The zero-order valence-electron chi connectivity index (χ0n) is 10.6. The van der Waals surface area contributed by atoms with E-state index in [4.69, 9.17) is 0 Å². The predicted octanol–water partition coefficient (Wildman–Crippen LogP) is 0.920. The molecule has 0 bridgehead atoms. The summed E-state index contributed by atoms with van der Waals surface area (Å²) in [5, 5.41) is 14.0. The van der Waals surface area contributed by atoms with Crippen molar-refractivity contribution in [3.63, 3.8) is 0 Å². The van der Waals surface area contributed by atoms with E-state index in [0.717, 1.165) is 36.7 Å². The van der Waals surface area contributed by atoms with Crippen molar-refractivity contribution in [1.29, 1.82) is 0 Å². The topological polar surface area (TPSA) is 80.5 Å². The Balaban J connectivity index is 1.83. The number of aryl methyl sites for hydroxylation is 1. The van der Waals surface area contributed by atoms with E-state index in [1.165, 1.54) is 0 Å². The molecule has 18 heavy (non-hydrogen) atoms. The second-order valence-electron chi connectivity index (χ2n) is 3.89. The lowest BCUT2D eigenvalue weighted by atomic mass is 10.3. The normalized spacial score (nSPS) is 10.3. The fourth-order valence-electron chi connectivity index (χ4n) is 1.68. The minimum atomic E-state index is 0.834. The molecule has 0 aliphatic rings. The van der Waals surface area contributed by atoms with Crippen molar-refractivity contribution in [3.8, 4) is 0 Å². The fraction of sp³-hybridized carbons (Fsp3) is 0.455. The summed E-state index contributed by atoms with van der Waals surface area (Å²) in [4.78, 5) is 8.37. The maximum absolute atomic E-state index is 4.22. The van der Waals surface area contributed by atoms with Crippen LogP contribution in [-0.4, -0.2) is 38.6 Å². The third-order valence-corrected chi connectivity index (χ3v) is 2.65. The van der Waals surface area contributed by atoms with Crippen LogP contribution in [0.1, 0.15) is 12.0 Å². The van der Waals surface area contributed by atoms with E-state index < -0.39 is 0 Å². The molecule has 0 saturated heterocycles. The molecule has 7 heteroatoms. The number of rotatable bonds is 6. The minimum Gasteiger partial charge on any atom is -0.373 e. The highest BCUT2D eigenvalue weighted by Crippen LogP contribution is 2.17. The van der Waals surface area contributed by atoms with Crippen LogP contribution in [0, 0.1) is 6.92 Å². The molecular formula is C11H17N7. The Kier molecular flexibility index (Phi) is 4.06. The standard InChI is InChI=1S/C11H17N7/c1-9-10(12-2)14-8-15-11(9)13-4-3-6-18-7-5-16-17-18/h5,7-8H,3-4,6H2,1-2H3,(H2,12,13,14,15). The van der Waals surface area contributed by atoms with Gasteiger partial charge in [0.15, 0.2) is 0 Å². The molecule has 0 atom stereocenters. The van der Waals surface area contributed by atoms with Crippen molar-refractivity contribution in [2.24, 2.45) is 0 Å². The monoisotopic (exact) mass is 247 g/mol. The summed E-state index contributed by atoms with van der Waals surface area (Å²) >= 11 is 0. The molecule has 0 aromatic carbocycles. The summed E-state index contributed by atoms with van der Waals surface area (Å²) in [6.45, 7) is 3.67. The minimum absolute atomic E-state index is 0.834. The van der Waals surface area contributed by atoms with Gasteiger partial charge in [-0.15, -0.1) is 5.10 Å². The number of anilines is 2. The van der Waals surface area contributed by atoms with Crippen molar-refractivity contribution < 1.29 is 0 Å². The zero-order chi connectivity index (χ0) is 12.8. The van der Waals surface area contributed by atoms with E-state index in [0.29, 0.717) is 0 Å². The van der Waals surface area contributed by atoms with Crippen molar-refractivity contribution in [1.82, 2.24) is 25.0 Å². The van der Waals surface area contributed by atoms with Gasteiger partial charge in [0, 0.05) is 31.9 Å². The van der Waals surface area contributed by atoms with Crippen LogP contribution >= 0.6 is 0 Å². The zero-order valence-corrected chi connectivity index (χ0v) is 10.6. The summed E-state index contributed by atoms with van der Waals surface area (Å²) in [6, 6.07) is 0. The van der Waals surface area contributed by atoms with Gasteiger partial charge in [-0.25, -0.2) is 9.97 Å². The molecule has 0 radical (unpaired) electrons. The number of aromatic nitrogens is 5. The summed E-state index contributed by atoms with van der Waals surface area (Å²) in [6.07, 6.45) is 6.05. The second kappa shape index (κ2) is 5.95. The van der Waals surface area contributed by atoms with Gasteiger partial charge in [-0.2, -0.15) is 0 Å². The molecule has 0 fully saturated rings. The van der Waals surface area contributed by atoms with Crippen molar-refractivity contribution in [2.45, 2.75) is 19.9 Å². The predicted molar refractivity (Wildman–Crippen MR) is 69.4 cm³/mol. The smallest absolute Gasteiger partial charge is 0.134 e. The Morgan fingerprint density at radius 2 is 2.11 bits per heavy atom. The average Bonchev–Trinajstić information content (AvgIpc) is 2.89. The van der Waals surface area contributed by atoms with Crippen molar-refractivity contribution >= 4 is 11.6 Å². The molecule has 0 spiro atoms. The SMILES string of the molecule is CNc1ncnc(NCCCn2ccnn2)c1C. The molecule has 2 heterocycles. The molecular weight excluding hydrogens is 230 g/mol. The third-order valence-electron chi connectivity index (χ3n) is 2.65. The molecule has 96 valence electrons. The highest BCUT2D eigenvalue weighted by Gasteiger charge is 2.04. The maximum Gasteiger partial charge on any atom is 0.134 e. The van der Waals surface area contributed by atoms with E-state index in [-0.39, 0.29) is 0 Å². The van der Waals surface area contributed by atoms with Gasteiger partial charge >= 0.3 is 0 Å². The van der Waals surface area contributed by atoms with Crippen molar-refractivity contribution in [2.75, 3.05) is 24.2 Å². The number of nitrogens with one attached hydrogen (secondary N) is 2. The van der Waals surface area contributed by atoms with Gasteiger partial charge in [0.1, 0.15) is 18.0 Å². The Bertz CT molecular complexity index is 480.